The van der Waals surface area contributed by atoms with Gasteiger partial charge in [-0.05, 0) is 86.6 Å². The summed E-state index contributed by atoms with van der Waals surface area (Å²) in [5.74, 6) is -1.50. The zero-order chi connectivity index (χ0) is 73.7. The summed E-state index contributed by atoms with van der Waals surface area (Å²) in [4.78, 5) is 93.9. The molecule has 5 aliphatic rings. The van der Waals surface area contributed by atoms with Gasteiger partial charge in [0.2, 0.25) is 29.5 Å². The molecule has 532 valence electrons. The van der Waals surface area contributed by atoms with Crippen LogP contribution in [0.15, 0.2) is 128 Å². The summed E-state index contributed by atoms with van der Waals surface area (Å²) in [6, 6.07) is 29.0. The monoisotopic (exact) mass is 1550 g/mol. The van der Waals surface area contributed by atoms with Gasteiger partial charge in [-0.15, -0.1) is 11.3 Å². The highest BCUT2D eigenvalue weighted by molar-refractivity contribution is 7.20. The smallest absolute Gasteiger partial charge is 0.231 e. The molecule has 9 aromatic rings. The second kappa shape index (κ2) is 37.2. The molecule has 0 radical (unpaired) electrons. The molecule has 5 saturated heterocycles. The van der Waals surface area contributed by atoms with Crippen LogP contribution in [0.3, 0.4) is 0 Å². The number of nitrogens with one attached hydrogen (secondary N) is 5. The van der Waals surface area contributed by atoms with Crippen LogP contribution in [0.2, 0.25) is 15.1 Å². The van der Waals surface area contributed by atoms with Gasteiger partial charge < -0.3 is 51.1 Å². The first kappa shape index (κ1) is 76.3. The van der Waals surface area contributed by atoms with Crippen molar-refractivity contribution < 1.29 is 28.4 Å². The van der Waals surface area contributed by atoms with Crippen molar-refractivity contribution in [2.24, 2.45) is 29.6 Å². The maximum Gasteiger partial charge on any atom is 0.231 e. The van der Waals surface area contributed by atoms with Crippen LogP contribution in [-0.4, -0.2) is 144 Å². The number of nitriles is 5. The lowest BCUT2D eigenvalue weighted by Crippen LogP contribution is -2.25. The summed E-state index contributed by atoms with van der Waals surface area (Å²) in [5, 5.41) is 62.8. The largest absolute Gasteiger partial charge is 0.310 e. The molecule has 0 spiro atoms. The van der Waals surface area contributed by atoms with Gasteiger partial charge in [0.05, 0.1) is 49.1 Å². The Kier molecular flexibility index (Phi) is 27.3. The van der Waals surface area contributed by atoms with E-state index in [4.69, 9.17) is 61.1 Å². The second-order valence-electron chi connectivity index (χ2n) is 24.0. The third kappa shape index (κ3) is 21.4. The lowest BCUT2D eigenvalue weighted by molar-refractivity contribution is -0.120. The van der Waals surface area contributed by atoms with E-state index in [1.165, 1.54) is 62.8 Å². The molecule has 34 heteroatoms. The van der Waals surface area contributed by atoms with Crippen molar-refractivity contribution in [3.63, 3.8) is 0 Å². The predicted molar refractivity (Wildman–Crippen MR) is 402 cm³/mol. The number of amides is 5. The number of rotatable bonds is 14. The van der Waals surface area contributed by atoms with Crippen molar-refractivity contribution in [3.8, 4) is 72.7 Å². The fourth-order valence-corrected chi connectivity index (χ4v) is 15.8. The number of anilines is 5. The first-order chi connectivity index (χ1) is 50.3. The molecule has 5 N–H and O–H groups in total. The molecule has 5 atom stereocenters. The molecule has 5 amide bonds. The first-order valence-corrected chi connectivity index (χ1v) is 37.6. The number of aryl methyl sites for hydroxylation is 1. The highest BCUT2D eigenvalue weighted by atomic mass is 35.5. The van der Waals surface area contributed by atoms with Crippen molar-refractivity contribution in [3.05, 3.63) is 154 Å². The number of benzene rings is 4. The van der Waals surface area contributed by atoms with Crippen LogP contribution >= 0.6 is 91.5 Å². The third-order valence-corrected chi connectivity index (χ3v) is 22.3. The summed E-state index contributed by atoms with van der Waals surface area (Å²) in [6.45, 7) is 7.54. The van der Waals surface area contributed by atoms with E-state index in [1.807, 2.05) is 85.9 Å². The Balaban J connectivity index is 0.000000140. The van der Waals surface area contributed by atoms with Crippen molar-refractivity contribution >= 4 is 147 Å². The summed E-state index contributed by atoms with van der Waals surface area (Å²) < 4.78 is 13.7. The van der Waals surface area contributed by atoms with E-state index >= 15 is 0 Å². The zero-order valence-corrected chi connectivity index (χ0v) is 61.8. The van der Waals surface area contributed by atoms with Gasteiger partial charge >= 0.3 is 0 Å². The molecular formula is C70H64Cl3FN20O5S5. The van der Waals surface area contributed by atoms with Gasteiger partial charge in [0.1, 0.15) is 5.82 Å². The summed E-state index contributed by atoms with van der Waals surface area (Å²) in [5.41, 5.74) is 3.36. The average molecular weight is 1550 g/mol. The molecule has 5 aromatic heterocycles. The first-order valence-electron chi connectivity index (χ1n) is 32.4. The Morgan fingerprint density at radius 3 is 1.10 bits per heavy atom. The predicted octanol–water partition coefficient (Wildman–Crippen LogP) is 13.5. The molecular weight excluding hydrogens is 1490 g/mol. The minimum Gasteiger partial charge on any atom is -0.310 e. The van der Waals surface area contributed by atoms with E-state index in [-0.39, 0.29) is 64.9 Å². The number of likely N-dealkylation sites (tertiary alicyclic amines) is 5. The summed E-state index contributed by atoms with van der Waals surface area (Å²) in [6.07, 6.45) is 22.3. The van der Waals surface area contributed by atoms with Gasteiger partial charge in [-0.2, -0.15) is 26.3 Å². The molecule has 10 heterocycles. The number of hydrogen-bond acceptors (Lipinski definition) is 25. The highest BCUT2D eigenvalue weighted by Crippen LogP contribution is 2.37. The lowest BCUT2D eigenvalue weighted by atomic mass is 10.1. The van der Waals surface area contributed by atoms with Crippen LogP contribution < -0.4 is 26.6 Å². The van der Waals surface area contributed by atoms with Gasteiger partial charge in [0.15, 0.2) is 56.6 Å². The van der Waals surface area contributed by atoms with E-state index in [1.54, 1.807) is 73.7 Å². The quantitative estimate of drug-likeness (QED) is 0.0631. The van der Waals surface area contributed by atoms with Crippen molar-refractivity contribution in [1.82, 2.24) is 49.4 Å². The van der Waals surface area contributed by atoms with Crippen LogP contribution in [0.1, 0.15) is 37.0 Å². The molecule has 0 saturated carbocycles. The Morgan fingerprint density at radius 1 is 0.404 bits per heavy atom. The minimum absolute atomic E-state index is 0.0351. The number of aromatic nitrogens is 5. The fourth-order valence-electron chi connectivity index (χ4n) is 11.2. The number of thiazole rings is 5. The number of halogens is 4. The van der Waals surface area contributed by atoms with Crippen LogP contribution in [0.4, 0.5) is 30.0 Å². The molecule has 0 bridgehead atoms. The number of carbonyl (C=O) groups is 5. The van der Waals surface area contributed by atoms with Crippen LogP contribution in [0, 0.1) is 99.6 Å². The fraction of sp³-hybridized carbons (Fsp3) is 0.300. The molecule has 4 aromatic carbocycles. The zero-order valence-electron chi connectivity index (χ0n) is 55.4. The van der Waals surface area contributed by atoms with Gasteiger partial charge in [0.25, 0.3) is 0 Å². The van der Waals surface area contributed by atoms with E-state index < -0.39 is 0 Å². The summed E-state index contributed by atoms with van der Waals surface area (Å²) >= 11 is 24.9. The standard InChI is InChI=1S/3C15H13ClN4OS.C15H13FN4OS.C10H12N4OS/c16-12-3-1-10(2-4-12)13-7-18-15(22-13)19-14(21)11-5-6-20(8-11)9-17;16-12-3-1-2-10(6-12)13-7-18-15(22-13)19-14(21)11-4-5-20(8-11)9-17;2*16-12-4-2-1-3-11(12)13-7-18-15(22-13)19-14(21)10-5-6-20(8-10)9-17;1-7-4-12-10(16-7)13-9(15)8-2-3-14(5-8)6-11/h1-4,7,11H,5-6,8H2,(H,18,19,21);1-3,6-7,11H,4-5,8H2,(H,18,19,21);2*1-4,7,10H,5-6,8H2,(H,18,19,21);4,8H,2-3,5H2,1H3,(H,12,13,15). The Morgan fingerprint density at radius 2 is 0.740 bits per heavy atom. The van der Waals surface area contributed by atoms with E-state index in [9.17, 15) is 28.4 Å². The van der Waals surface area contributed by atoms with Crippen LogP contribution in [0.25, 0.3) is 41.8 Å². The number of hydrogen-bond donors (Lipinski definition) is 5. The van der Waals surface area contributed by atoms with Crippen LogP contribution in [0.5, 0.6) is 0 Å². The van der Waals surface area contributed by atoms with Gasteiger partial charge in [-0.25, -0.2) is 29.3 Å². The second-order valence-corrected chi connectivity index (χ2v) is 30.6. The van der Waals surface area contributed by atoms with Crippen molar-refractivity contribution in [2.75, 3.05) is 92.0 Å². The average Bonchev–Trinajstić information content (AvgIpc) is 1.45. The molecule has 5 unspecified atom stereocenters. The van der Waals surface area contributed by atoms with Gasteiger partial charge in [-0.3, -0.25) is 24.0 Å². The normalized spacial score (nSPS) is 17.6. The molecule has 0 aliphatic carbocycles. The van der Waals surface area contributed by atoms with Gasteiger partial charge in [0, 0.05) is 128 Å². The van der Waals surface area contributed by atoms with Crippen molar-refractivity contribution in [2.45, 2.75) is 39.0 Å². The van der Waals surface area contributed by atoms with E-state index in [0.29, 0.717) is 142 Å². The Hall–Kier alpha value is -10.4. The minimum atomic E-state index is -0.315. The van der Waals surface area contributed by atoms with Gasteiger partial charge in [-0.1, -0.05) is 141 Å². The van der Waals surface area contributed by atoms with Crippen LogP contribution in [-0.2, 0) is 24.0 Å². The third-order valence-electron chi connectivity index (χ3n) is 16.8. The molecule has 5 aliphatic heterocycles. The van der Waals surface area contributed by atoms with Crippen molar-refractivity contribution in [1.29, 1.82) is 26.3 Å². The lowest BCUT2D eigenvalue weighted by Gasteiger charge is -2.08. The Labute approximate surface area is 633 Å². The van der Waals surface area contributed by atoms with E-state index in [0.717, 1.165) is 42.6 Å². The maximum absolute atomic E-state index is 13.7. The molecule has 14 rings (SSSR count). The topological polar surface area (TPSA) is 345 Å². The number of carbonyl (C=O) groups excluding carboxylic acids is 5. The summed E-state index contributed by atoms with van der Waals surface area (Å²) in [7, 11) is 0. The van der Waals surface area contributed by atoms with E-state index in [2.05, 4.69) is 76.3 Å². The molecule has 25 nitrogen and oxygen atoms in total. The Bertz CT molecular complexity index is 4600. The SMILES string of the molecule is Cc1cnc(NC(=O)C2CCN(C#N)C2)s1.N#CN1CCC(C(=O)Nc2ncc(-c3ccc(Cl)cc3)s2)C1.N#CN1CCC(C(=O)Nc2ncc(-c3cccc(Cl)c3)s2)C1.N#CN1CCC(C(=O)Nc2ncc(-c3ccccc3Cl)s2)C1.N#CN1CCC(C(=O)Nc2ncc(-c3ccccc3F)s2)C1. The molecule has 104 heavy (non-hydrogen) atoms. The highest BCUT2D eigenvalue weighted by Gasteiger charge is 2.33. The number of nitrogens with zero attached hydrogens (tertiary/aromatic N) is 15. The maximum atomic E-state index is 13.7. The molecule has 5 fully saturated rings.